The summed E-state index contributed by atoms with van der Waals surface area (Å²) in [7, 11) is 0. The summed E-state index contributed by atoms with van der Waals surface area (Å²) in [6.45, 7) is 6.91. The lowest BCUT2D eigenvalue weighted by molar-refractivity contribution is -0.0824. The third-order valence-corrected chi connectivity index (χ3v) is 2.95. The Hall–Kier alpha value is -1.70. The number of hydrogen-bond acceptors (Lipinski definition) is 5. The molecule has 0 fully saturated rings. The van der Waals surface area contributed by atoms with E-state index in [1.54, 1.807) is 6.08 Å². The van der Waals surface area contributed by atoms with Crippen LogP contribution in [0.3, 0.4) is 0 Å². The molecule has 0 aliphatic carbocycles. The van der Waals surface area contributed by atoms with Crippen molar-refractivity contribution in [3.05, 3.63) is 38.7 Å². The van der Waals surface area contributed by atoms with E-state index in [1.165, 1.54) is 17.7 Å². The van der Waals surface area contributed by atoms with Crippen molar-refractivity contribution >= 4 is 6.08 Å². The van der Waals surface area contributed by atoms with E-state index in [9.17, 15) is 14.7 Å². The third kappa shape index (κ3) is 5.59. The number of rotatable bonds is 6. The van der Waals surface area contributed by atoms with Crippen LogP contribution in [0.5, 0.6) is 0 Å². The highest BCUT2D eigenvalue weighted by molar-refractivity contribution is 5.47. The van der Waals surface area contributed by atoms with E-state index in [0.717, 1.165) is 0 Å². The van der Waals surface area contributed by atoms with E-state index in [2.05, 4.69) is 4.98 Å². The highest BCUT2D eigenvalue weighted by Gasteiger charge is 2.15. The summed E-state index contributed by atoms with van der Waals surface area (Å²) in [5.41, 5.74) is -0.857. The van der Waals surface area contributed by atoms with Gasteiger partial charge in [-0.05, 0) is 12.3 Å². The van der Waals surface area contributed by atoms with E-state index in [1.807, 2.05) is 26.8 Å². The molecule has 2 atom stereocenters. The molecule has 7 heteroatoms. The Kier molecular flexibility index (Phi) is 6.28. The van der Waals surface area contributed by atoms with Gasteiger partial charge in [0.15, 0.2) is 0 Å². The number of ether oxygens (including phenoxy) is 1. The molecule has 0 saturated carbocycles. The summed E-state index contributed by atoms with van der Waals surface area (Å²) >= 11 is 0. The first kappa shape index (κ1) is 18.3. The van der Waals surface area contributed by atoms with E-state index in [0.29, 0.717) is 5.56 Å². The van der Waals surface area contributed by atoms with Gasteiger partial charge in [-0.1, -0.05) is 32.9 Å². The molecular formula is C15H24N2O5. The molecule has 1 heterocycles. The molecule has 1 aromatic heterocycles. The molecular weight excluding hydrogens is 288 g/mol. The zero-order chi connectivity index (χ0) is 16.9. The topological polar surface area (TPSA) is 105 Å². The van der Waals surface area contributed by atoms with Crippen LogP contribution < -0.4 is 11.2 Å². The first-order valence-electron chi connectivity index (χ1n) is 7.07. The average molecular weight is 312 g/mol. The summed E-state index contributed by atoms with van der Waals surface area (Å²) < 4.78 is 6.45. The van der Waals surface area contributed by atoms with Crippen molar-refractivity contribution in [2.75, 3.05) is 6.61 Å². The number of aliphatic hydroxyl groups excluding tert-OH is 2. The molecule has 7 nitrogen and oxygen atoms in total. The smallest absolute Gasteiger partial charge is 0.330 e. The molecule has 22 heavy (non-hydrogen) atoms. The Morgan fingerprint density at radius 3 is 2.55 bits per heavy atom. The van der Waals surface area contributed by atoms with Gasteiger partial charge in [0.1, 0.15) is 12.8 Å². The molecule has 0 aliphatic rings. The number of aromatic amines is 1. The summed E-state index contributed by atoms with van der Waals surface area (Å²) in [5, 5.41) is 18.5. The van der Waals surface area contributed by atoms with Gasteiger partial charge in [-0.15, -0.1) is 0 Å². The van der Waals surface area contributed by atoms with Gasteiger partial charge in [0.25, 0.3) is 5.56 Å². The maximum absolute atomic E-state index is 11.8. The van der Waals surface area contributed by atoms with Crippen molar-refractivity contribution in [2.24, 2.45) is 5.41 Å². The second-order valence-corrected chi connectivity index (χ2v) is 6.27. The maximum Gasteiger partial charge on any atom is 0.330 e. The zero-order valence-corrected chi connectivity index (χ0v) is 13.4. The fourth-order valence-electron chi connectivity index (χ4n) is 1.60. The highest BCUT2D eigenvalue weighted by atomic mass is 16.5. The molecule has 0 aromatic carbocycles. The molecule has 0 spiro atoms. The number of allylic oxidation sites excluding steroid dienone is 1. The van der Waals surface area contributed by atoms with Gasteiger partial charge in [-0.3, -0.25) is 14.3 Å². The fourth-order valence-corrected chi connectivity index (χ4v) is 1.60. The molecule has 0 aliphatic heterocycles. The standard InChI is InChI=1S/C15H24N2O5/c1-10(19)12(8-18)22-9-17-7-11(5-6-15(2,3)4)13(20)16-14(17)21/h5-7,10,12,18-19H,8-9H2,1-4H3,(H,16,20,21)/b6-5+/t10?,12-/m1/s1. The van der Waals surface area contributed by atoms with E-state index in [4.69, 9.17) is 9.84 Å². The number of H-pyrrole nitrogens is 1. The van der Waals surface area contributed by atoms with Gasteiger partial charge in [0, 0.05) is 6.20 Å². The number of nitrogens with zero attached hydrogens (tertiary/aromatic N) is 1. The monoisotopic (exact) mass is 312 g/mol. The first-order valence-corrected chi connectivity index (χ1v) is 7.07. The molecule has 3 N–H and O–H groups in total. The number of hydrogen-bond donors (Lipinski definition) is 3. The Bertz CT molecular complexity index is 622. The number of aliphatic hydroxyl groups is 2. The second-order valence-electron chi connectivity index (χ2n) is 6.27. The van der Waals surface area contributed by atoms with Crippen molar-refractivity contribution < 1.29 is 14.9 Å². The van der Waals surface area contributed by atoms with Gasteiger partial charge >= 0.3 is 5.69 Å². The summed E-state index contributed by atoms with van der Waals surface area (Å²) in [5.74, 6) is 0. The van der Waals surface area contributed by atoms with Crippen LogP contribution in [0.15, 0.2) is 21.9 Å². The van der Waals surface area contributed by atoms with E-state index in [-0.39, 0.29) is 18.8 Å². The van der Waals surface area contributed by atoms with Crippen LogP contribution in [-0.4, -0.2) is 38.6 Å². The highest BCUT2D eigenvalue weighted by Crippen LogP contribution is 2.15. The summed E-state index contributed by atoms with van der Waals surface area (Å²) in [6.07, 6.45) is 3.22. The van der Waals surface area contributed by atoms with Crippen molar-refractivity contribution in [1.29, 1.82) is 0 Å². The lowest BCUT2D eigenvalue weighted by Gasteiger charge is -2.18. The van der Waals surface area contributed by atoms with Crippen LogP contribution in [-0.2, 0) is 11.5 Å². The summed E-state index contributed by atoms with van der Waals surface area (Å²) in [4.78, 5) is 25.7. The molecule has 0 radical (unpaired) electrons. The summed E-state index contributed by atoms with van der Waals surface area (Å²) in [6, 6.07) is 0. The normalized spacial score (nSPS) is 15.2. The molecule has 1 rings (SSSR count). The van der Waals surface area contributed by atoms with Crippen LogP contribution >= 0.6 is 0 Å². The van der Waals surface area contributed by atoms with Crippen LogP contribution in [0.2, 0.25) is 0 Å². The van der Waals surface area contributed by atoms with Crippen molar-refractivity contribution in [1.82, 2.24) is 9.55 Å². The molecule has 1 unspecified atom stereocenters. The second kappa shape index (κ2) is 7.53. The van der Waals surface area contributed by atoms with Gasteiger partial charge in [0.2, 0.25) is 0 Å². The molecule has 0 bridgehead atoms. The Morgan fingerprint density at radius 2 is 2.05 bits per heavy atom. The minimum Gasteiger partial charge on any atom is -0.394 e. The predicted octanol–water partition coefficient (Wildman–Crippen LogP) is 0.312. The maximum atomic E-state index is 11.8. The lowest BCUT2D eigenvalue weighted by atomic mass is 9.96. The Balaban J connectivity index is 2.99. The Labute approximate surface area is 128 Å². The number of nitrogens with one attached hydrogen (secondary N) is 1. The van der Waals surface area contributed by atoms with Crippen LogP contribution in [0.25, 0.3) is 6.08 Å². The van der Waals surface area contributed by atoms with Crippen LogP contribution in [0, 0.1) is 5.41 Å². The molecule has 0 amide bonds. The molecule has 0 saturated heterocycles. The lowest BCUT2D eigenvalue weighted by Crippen LogP contribution is -2.35. The van der Waals surface area contributed by atoms with Crippen molar-refractivity contribution in [2.45, 2.75) is 46.6 Å². The average Bonchev–Trinajstić information content (AvgIpc) is 2.38. The largest absolute Gasteiger partial charge is 0.394 e. The SMILES string of the molecule is CC(O)[C@@H](CO)OCn1cc(/C=C/C(C)(C)C)c(=O)[nH]c1=O. The third-order valence-electron chi connectivity index (χ3n) is 2.95. The quantitative estimate of drug-likeness (QED) is 0.701. The van der Waals surface area contributed by atoms with Gasteiger partial charge in [0.05, 0.1) is 18.3 Å². The van der Waals surface area contributed by atoms with E-state index < -0.39 is 23.5 Å². The fraction of sp³-hybridized carbons (Fsp3) is 0.600. The van der Waals surface area contributed by atoms with Crippen molar-refractivity contribution in [3.63, 3.8) is 0 Å². The van der Waals surface area contributed by atoms with E-state index >= 15 is 0 Å². The minimum atomic E-state index is -0.872. The Morgan fingerprint density at radius 1 is 1.41 bits per heavy atom. The zero-order valence-electron chi connectivity index (χ0n) is 13.4. The van der Waals surface area contributed by atoms with Crippen molar-refractivity contribution in [3.8, 4) is 0 Å². The number of aromatic nitrogens is 2. The first-order chi connectivity index (χ1) is 10.1. The molecule has 124 valence electrons. The molecule has 1 aromatic rings. The van der Waals surface area contributed by atoms with Gasteiger partial charge in [-0.2, -0.15) is 0 Å². The van der Waals surface area contributed by atoms with Gasteiger partial charge < -0.3 is 14.9 Å². The van der Waals surface area contributed by atoms with Crippen LogP contribution in [0.4, 0.5) is 0 Å². The minimum absolute atomic E-state index is 0.0990. The predicted molar refractivity (Wildman–Crippen MR) is 83.5 cm³/mol. The van der Waals surface area contributed by atoms with Gasteiger partial charge in [-0.25, -0.2) is 4.79 Å². The van der Waals surface area contributed by atoms with Crippen LogP contribution in [0.1, 0.15) is 33.3 Å².